The lowest BCUT2D eigenvalue weighted by Crippen LogP contribution is -2.46. The third-order valence-electron chi connectivity index (χ3n) is 5.17. The summed E-state index contributed by atoms with van der Waals surface area (Å²) in [5, 5.41) is 7.36. The Labute approximate surface area is 191 Å². The van der Waals surface area contributed by atoms with E-state index >= 15 is 0 Å². The average molecular weight is 456 g/mol. The van der Waals surface area contributed by atoms with Crippen LogP contribution in [0.3, 0.4) is 0 Å². The van der Waals surface area contributed by atoms with Gasteiger partial charge in [0.25, 0.3) is 5.91 Å². The number of nitrogens with one attached hydrogen (secondary N) is 2. The number of hydrogen-bond donors (Lipinski definition) is 2. The van der Waals surface area contributed by atoms with Crippen molar-refractivity contribution in [1.82, 2.24) is 15.5 Å². The summed E-state index contributed by atoms with van der Waals surface area (Å²) in [7, 11) is 0. The number of thiophene rings is 1. The van der Waals surface area contributed by atoms with E-state index in [9.17, 15) is 4.79 Å². The lowest BCUT2D eigenvalue weighted by atomic mass is 10.1. The molecule has 0 saturated carbocycles. The summed E-state index contributed by atoms with van der Waals surface area (Å²) in [6.07, 6.45) is 7.56. The van der Waals surface area contributed by atoms with Crippen LogP contribution in [0, 0.1) is 0 Å². The molecular weight excluding hydrogens is 430 g/mol. The van der Waals surface area contributed by atoms with Crippen molar-refractivity contribution < 1.29 is 4.79 Å². The summed E-state index contributed by atoms with van der Waals surface area (Å²) in [5.41, 5.74) is 2.23. The molecule has 2 aliphatic rings. The minimum atomic E-state index is 0.113. The second-order valence-electron chi connectivity index (χ2n) is 7.44. The van der Waals surface area contributed by atoms with Crippen molar-refractivity contribution in [1.29, 1.82) is 0 Å². The van der Waals surface area contributed by atoms with Gasteiger partial charge in [0.15, 0.2) is 0 Å². The van der Waals surface area contributed by atoms with Crippen LogP contribution in [-0.2, 0) is 13.0 Å². The fourth-order valence-corrected chi connectivity index (χ4v) is 4.81. The van der Waals surface area contributed by atoms with Crippen molar-refractivity contribution in [2.45, 2.75) is 19.4 Å². The molecule has 3 heterocycles. The van der Waals surface area contributed by atoms with Crippen molar-refractivity contribution in [3.8, 4) is 0 Å². The van der Waals surface area contributed by atoms with Crippen molar-refractivity contribution in [3.63, 3.8) is 0 Å². The molecule has 2 aliphatic heterocycles. The van der Waals surface area contributed by atoms with Gasteiger partial charge < -0.3 is 15.5 Å². The zero-order valence-corrected chi connectivity index (χ0v) is 18.9. The van der Waals surface area contributed by atoms with Crippen molar-refractivity contribution in [3.05, 3.63) is 62.3 Å². The Morgan fingerprint density at radius 2 is 2.13 bits per heavy atom. The van der Waals surface area contributed by atoms with Crippen LogP contribution >= 0.6 is 22.9 Å². The monoisotopic (exact) mass is 455 g/mol. The van der Waals surface area contributed by atoms with E-state index in [1.165, 1.54) is 5.56 Å². The number of guanidine groups is 1. The van der Waals surface area contributed by atoms with Gasteiger partial charge in [-0.3, -0.25) is 4.79 Å². The summed E-state index contributed by atoms with van der Waals surface area (Å²) in [6.45, 7) is 4.41. The molecule has 6 nitrogen and oxygen atoms in total. The second-order valence-corrected chi connectivity index (χ2v) is 8.96. The van der Waals surface area contributed by atoms with E-state index in [0.29, 0.717) is 18.9 Å². The first-order chi connectivity index (χ1) is 15.2. The standard InChI is InChI=1S/C23H26ClN5OS/c24-19-5-3-4-17(14-19)7-9-27-23-26-8-2-1-6-20-18(16-28-23)15-21(31-20)22(30)29-12-10-25-11-13-29/h1,3-6,8,14-15,25H,2,7,9-13,16H2,(H,27,28)/b6-1-,26-8?. The average Bonchev–Trinajstić information content (AvgIpc) is 3.20. The van der Waals surface area contributed by atoms with Crippen LogP contribution < -0.4 is 10.6 Å². The van der Waals surface area contributed by atoms with Crippen molar-refractivity contribution in [2.24, 2.45) is 9.98 Å². The van der Waals surface area contributed by atoms with Crippen molar-refractivity contribution >= 4 is 47.1 Å². The molecule has 0 radical (unpaired) electrons. The molecule has 1 fully saturated rings. The quantitative estimate of drug-likeness (QED) is 0.739. The molecule has 0 unspecified atom stereocenters. The van der Waals surface area contributed by atoms with E-state index in [4.69, 9.17) is 11.6 Å². The Kier molecular flexibility index (Phi) is 7.51. The molecular formula is C23H26ClN5OS. The maximum Gasteiger partial charge on any atom is 0.264 e. The number of piperazine rings is 1. The molecule has 0 spiro atoms. The summed E-state index contributed by atoms with van der Waals surface area (Å²) < 4.78 is 0. The van der Waals surface area contributed by atoms with Crippen LogP contribution in [0.1, 0.15) is 32.1 Å². The van der Waals surface area contributed by atoms with Crippen LogP contribution in [0.5, 0.6) is 0 Å². The van der Waals surface area contributed by atoms with Gasteiger partial charge in [0.05, 0.1) is 11.4 Å². The van der Waals surface area contributed by atoms with E-state index in [2.05, 4.69) is 38.8 Å². The molecule has 4 rings (SSSR count). The molecule has 2 aromatic rings. The SMILES string of the molecule is O=C(c1cc2c(s1)/C=C\CC=NC(NCCc1cccc(Cl)c1)=NC2)N1CCNCC1. The predicted molar refractivity (Wildman–Crippen MR) is 130 cm³/mol. The second kappa shape index (κ2) is 10.7. The number of aliphatic imine (C=N–C) groups is 2. The smallest absolute Gasteiger partial charge is 0.264 e. The highest BCUT2D eigenvalue weighted by atomic mass is 35.5. The minimum Gasteiger partial charge on any atom is -0.354 e. The number of allylic oxidation sites excluding steroid dienone is 1. The number of fused-ring (bicyclic) bond motifs is 1. The summed E-state index contributed by atoms with van der Waals surface area (Å²) >= 11 is 7.61. The van der Waals surface area contributed by atoms with Crippen LogP contribution in [0.2, 0.25) is 5.02 Å². The third kappa shape index (κ3) is 6.03. The Morgan fingerprint density at radius 1 is 1.26 bits per heavy atom. The predicted octanol–water partition coefficient (Wildman–Crippen LogP) is 3.62. The highest BCUT2D eigenvalue weighted by Gasteiger charge is 2.21. The Hall–Kier alpha value is -2.48. The highest BCUT2D eigenvalue weighted by molar-refractivity contribution is 7.15. The van der Waals surface area contributed by atoms with Gasteiger partial charge in [0.1, 0.15) is 0 Å². The van der Waals surface area contributed by atoms with Gasteiger partial charge in [-0.15, -0.1) is 11.3 Å². The van der Waals surface area contributed by atoms with Crippen LogP contribution in [0.15, 0.2) is 46.4 Å². The number of carbonyl (C=O) groups excluding carboxylic acids is 1. The molecule has 0 atom stereocenters. The van der Waals surface area contributed by atoms with E-state index in [1.54, 1.807) is 11.3 Å². The van der Waals surface area contributed by atoms with Gasteiger partial charge in [-0.05, 0) is 41.8 Å². The van der Waals surface area contributed by atoms with Gasteiger partial charge in [-0.25, -0.2) is 9.98 Å². The van der Waals surface area contributed by atoms with E-state index in [1.807, 2.05) is 35.4 Å². The largest absolute Gasteiger partial charge is 0.354 e. The Morgan fingerprint density at radius 3 is 2.97 bits per heavy atom. The van der Waals surface area contributed by atoms with Crippen LogP contribution in [0.4, 0.5) is 0 Å². The summed E-state index contributed by atoms with van der Waals surface area (Å²) in [6, 6.07) is 9.86. The number of halogens is 1. The molecule has 0 bridgehead atoms. The highest BCUT2D eigenvalue weighted by Crippen LogP contribution is 2.27. The Bertz CT molecular complexity index is 1010. The maximum atomic E-state index is 12.9. The molecule has 162 valence electrons. The van der Waals surface area contributed by atoms with Gasteiger partial charge in [0.2, 0.25) is 5.96 Å². The first-order valence-electron chi connectivity index (χ1n) is 10.5. The molecule has 8 heteroatoms. The molecule has 31 heavy (non-hydrogen) atoms. The number of hydrogen-bond acceptors (Lipinski definition) is 6. The first kappa shape index (κ1) is 21.7. The fraction of sp³-hybridized carbons (Fsp3) is 0.348. The third-order valence-corrected chi connectivity index (χ3v) is 6.53. The molecule has 0 aliphatic carbocycles. The Balaban J connectivity index is 1.43. The number of benzene rings is 1. The lowest BCUT2D eigenvalue weighted by molar-refractivity contribution is 0.0740. The normalized spacial score (nSPS) is 17.6. The maximum absolute atomic E-state index is 12.9. The summed E-state index contributed by atoms with van der Waals surface area (Å²) in [5.74, 6) is 0.729. The number of nitrogens with zero attached hydrogens (tertiary/aromatic N) is 3. The number of rotatable bonds is 4. The molecule has 2 N–H and O–H groups in total. The first-order valence-corrected chi connectivity index (χ1v) is 11.7. The fourth-order valence-electron chi connectivity index (χ4n) is 3.53. The van der Waals surface area contributed by atoms with Gasteiger partial charge in [-0.2, -0.15) is 0 Å². The lowest BCUT2D eigenvalue weighted by Gasteiger charge is -2.26. The van der Waals surface area contributed by atoms with Crippen LogP contribution in [0.25, 0.3) is 6.08 Å². The van der Waals surface area contributed by atoms with Crippen molar-refractivity contribution in [2.75, 3.05) is 32.7 Å². The number of carbonyl (C=O) groups is 1. The molecule has 1 saturated heterocycles. The molecule has 1 aromatic heterocycles. The van der Waals surface area contributed by atoms with Crippen LogP contribution in [-0.4, -0.2) is 55.7 Å². The van der Waals surface area contributed by atoms with E-state index in [0.717, 1.165) is 59.5 Å². The summed E-state index contributed by atoms with van der Waals surface area (Å²) in [4.78, 5) is 25.8. The number of amides is 1. The van der Waals surface area contributed by atoms with Gasteiger partial charge >= 0.3 is 0 Å². The molecule has 1 aromatic carbocycles. The van der Waals surface area contributed by atoms with Gasteiger partial charge in [0, 0.05) is 55.3 Å². The van der Waals surface area contributed by atoms with E-state index < -0.39 is 0 Å². The molecule has 1 amide bonds. The van der Waals surface area contributed by atoms with E-state index in [-0.39, 0.29) is 5.91 Å². The minimum absolute atomic E-state index is 0.113. The topological polar surface area (TPSA) is 69.1 Å². The zero-order valence-electron chi connectivity index (χ0n) is 17.3. The van der Waals surface area contributed by atoms with Gasteiger partial charge in [-0.1, -0.05) is 29.8 Å². The zero-order chi connectivity index (χ0) is 21.5.